The van der Waals surface area contributed by atoms with Crippen LogP contribution < -0.4 is 10.6 Å². The van der Waals surface area contributed by atoms with Crippen LogP contribution in [-0.4, -0.2) is 43.9 Å². The van der Waals surface area contributed by atoms with E-state index in [-0.39, 0.29) is 6.54 Å². The summed E-state index contributed by atoms with van der Waals surface area (Å²) in [5, 5.41) is 13.4. The third kappa shape index (κ3) is 5.27. The van der Waals surface area contributed by atoms with Crippen molar-refractivity contribution in [2.24, 2.45) is 0 Å². The fraction of sp³-hybridized carbons (Fsp3) is 0.278. The summed E-state index contributed by atoms with van der Waals surface area (Å²) >= 11 is 0. The number of carbonyl (C=O) groups is 1. The Bertz CT molecular complexity index is 802. The minimum Gasteiger partial charge on any atom is -0.461 e. The Balaban J connectivity index is 2.30. The van der Waals surface area contributed by atoms with Crippen molar-refractivity contribution in [1.29, 1.82) is 5.41 Å². The van der Waals surface area contributed by atoms with Crippen LogP contribution in [-0.2, 0) is 9.53 Å². The number of hydrogen-bond donors (Lipinski definition) is 3. The molecule has 0 aliphatic heterocycles. The smallest absolute Gasteiger partial charge is 0.293 e. The van der Waals surface area contributed by atoms with Gasteiger partial charge in [0.05, 0.1) is 17.8 Å². The zero-order valence-electron chi connectivity index (χ0n) is 14.5. The fourth-order valence-corrected chi connectivity index (χ4v) is 2.48. The molecule has 1 heterocycles. The van der Waals surface area contributed by atoms with Crippen molar-refractivity contribution in [2.45, 2.75) is 12.5 Å². The first-order valence-electron chi connectivity index (χ1n) is 8.06. The lowest BCUT2D eigenvalue weighted by Crippen LogP contribution is -2.33. The van der Waals surface area contributed by atoms with E-state index in [0.717, 1.165) is 18.3 Å². The number of pyridine rings is 1. The molecule has 9 heteroatoms. The monoisotopic (exact) mass is 380 g/mol. The summed E-state index contributed by atoms with van der Waals surface area (Å²) in [6.45, 7) is 1.01. The van der Waals surface area contributed by atoms with Gasteiger partial charge in [-0.05, 0) is 30.8 Å². The standard InChI is InChI=1S/C18H19F3N4O2/c1-23-8-13(27-10-26)9-25-16-5-12(7-24-17(16)6-22)11-2-3-15(19)14(4-11)18(20)21/h2-7,10,13,18,22-23,25H,8-9H2,1H3. The van der Waals surface area contributed by atoms with E-state index in [9.17, 15) is 18.0 Å². The molecule has 0 bridgehead atoms. The molecule has 1 aromatic carbocycles. The number of anilines is 1. The molecule has 0 aliphatic carbocycles. The lowest BCUT2D eigenvalue weighted by molar-refractivity contribution is -0.132. The molecule has 2 aromatic rings. The van der Waals surface area contributed by atoms with E-state index in [2.05, 4.69) is 15.6 Å². The minimum absolute atomic E-state index is 0.247. The van der Waals surface area contributed by atoms with Crippen molar-refractivity contribution < 1.29 is 22.7 Å². The average Bonchev–Trinajstić information content (AvgIpc) is 2.66. The highest BCUT2D eigenvalue weighted by Crippen LogP contribution is 2.29. The Morgan fingerprint density at radius 3 is 2.67 bits per heavy atom. The van der Waals surface area contributed by atoms with Crippen LogP contribution in [0, 0.1) is 11.2 Å². The van der Waals surface area contributed by atoms with Crippen molar-refractivity contribution >= 4 is 18.4 Å². The van der Waals surface area contributed by atoms with Gasteiger partial charge in [0.2, 0.25) is 0 Å². The van der Waals surface area contributed by atoms with Crippen molar-refractivity contribution in [3.63, 3.8) is 0 Å². The number of likely N-dealkylation sites (N-methyl/N-ethyl adjacent to an activating group) is 1. The number of aromatic nitrogens is 1. The lowest BCUT2D eigenvalue weighted by atomic mass is 10.0. The Morgan fingerprint density at radius 2 is 2.04 bits per heavy atom. The third-order valence-electron chi connectivity index (χ3n) is 3.82. The second kappa shape index (κ2) is 9.67. The van der Waals surface area contributed by atoms with E-state index in [0.29, 0.717) is 35.5 Å². The first-order chi connectivity index (χ1) is 13.0. The predicted octanol–water partition coefficient (Wildman–Crippen LogP) is 3.00. The molecule has 0 radical (unpaired) electrons. The first-order valence-corrected chi connectivity index (χ1v) is 8.06. The van der Waals surface area contributed by atoms with Gasteiger partial charge in [-0.3, -0.25) is 9.78 Å². The number of alkyl halides is 2. The molecule has 1 aromatic heterocycles. The van der Waals surface area contributed by atoms with Gasteiger partial charge >= 0.3 is 0 Å². The normalized spacial score (nSPS) is 11.9. The average molecular weight is 380 g/mol. The third-order valence-corrected chi connectivity index (χ3v) is 3.82. The van der Waals surface area contributed by atoms with E-state index < -0.39 is 23.9 Å². The molecule has 0 saturated carbocycles. The summed E-state index contributed by atoms with van der Waals surface area (Å²) in [7, 11) is 1.71. The van der Waals surface area contributed by atoms with Gasteiger partial charge < -0.3 is 20.8 Å². The van der Waals surface area contributed by atoms with Crippen LogP contribution in [0.15, 0.2) is 30.5 Å². The minimum atomic E-state index is -2.93. The molecule has 2 rings (SSSR count). The Hall–Kier alpha value is -2.94. The van der Waals surface area contributed by atoms with E-state index in [1.807, 2.05) is 0 Å². The highest BCUT2D eigenvalue weighted by Gasteiger charge is 2.16. The number of halogens is 3. The molecule has 27 heavy (non-hydrogen) atoms. The van der Waals surface area contributed by atoms with Crippen LogP contribution in [0.25, 0.3) is 11.1 Å². The highest BCUT2D eigenvalue weighted by atomic mass is 19.3. The quantitative estimate of drug-likeness (QED) is 0.436. The predicted molar refractivity (Wildman–Crippen MR) is 95.8 cm³/mol. The number of carbonyl (C=O) groups excluding carboxylic acids is 1. The summed E-state index contributed by atoms with van der Waals surface area (Å²) in [5.74, 6) is -0.975. The van der Waals surface area contributed by atoms with Gasteiger partial charge in [-0.15, -0.1) is 0 Å². The molecule has 3 N–H and O–H groups in total. The summed E-state index contributed by atoms with van der Waals surface area (Å²) in [6, 6.07) is 5.05. The molecule has 0 fully saturated rings. The van der Waals surface area contributed by atoms with Crippen LogP contribution in [0.5, 0.6) is 0 Å². The summed E-state index contributed by atoms with van der Waals surface area (Å²) in [5.41, 5.74) is 0.943. The fourth-order valence-electron chi connectivity index (χ4n) is 2.48. The molecule has 0 aliphatic rings. The zero-order valence-corrected chi connectivity index (χ0v) is 14.5. The van der Waals surface area contributed by atoms with Gasteiger partial charge in [-0.25, -0.2) is 13.2 Å². The second-order valence-electron chi connectivity index (χ2n) is 5.63. The van der Waals surface area contributed by atoms with Crippen molar-refractivity contribution in [2.75, 3.05) is 25.5 Å². The lowest BCUT2D eigenvalue weighted by Gasteiger charge is -2.17. The number of nitrogens with one attached hydrogen (secondary N) is 3. The maximum atomic E-state index is 13.5. The molecule has 144 valence electrons. The number of hydrogen-bond acceptors (Lipinski definition) is 6. The van der Waals surface area contributed by atoms with E-state index in [1.165, 1.54) is 12.3 Å². The van der Waals surface area contributed by atoms with Crippen LogP contribution in [0.2, 0.25) is 0 Å². The van der Waals surface area contributed by atoms with Gasteiger partial charge in [0.1, 0.15) is 17.6 Å². The van der Waals surface area contributed by atoms with Crippen LogP contribution >= 0.6 is 0 Å². The number of rotatable bonds is 10. The summed E-state index contributed by atoms with van der Waals surface area (Å²) < 4.78 is 44.3. The SMILES string of the molecule is CNCC(CNc1cc(-c2ccc(F)c(C(F)F)c2)cnc1C=N)OC=O. The van der Waals surface area contributed by atoms with Crippen molar-refractivity contribution in [3.8, 4) is 11.1 Å². The molecule has 0 amide bonds. The van der Waals surface area contributed by atoms with Gasteiger partial charge in [0.25, 0.3) is 12.9 Å². The Labute approximate surface area is 154 Å². The number of nitrogens with zero attached hydrogens (tertiary/aromatic N) is 1. The van der Waals surface area contributed by atoms with Gasteiger partial charge in [0, 0.05) is 24.5 Å². The second-order valence-corrected chi connectivity index (χ2v) is 5.63. The van der Waals surface area contributed by atoms with E-state index in [1.54, 1.807) is 13.1 Å². The largest absolute Gasteiger partial charge is 0.461 e. The molecule has 1 atom stereocenters. The van der Waals surface area contributed by atoms with Gasteiger partial charge in [-0.1, -0.05) is 6.07 Å². The van der Waals surface area contributed by atoms with Gasteiger partial charge in [0.15, 0.2) is 0 Å². The van der Waals surface area contributed by atoms with Crippen LogP contribution in [0.4, 0.5) is 18.9 Å². The molecular weight excluding hydrogens is 361 g/mol. The highest BCUT2D eigenvalue weighted by molar-refractivity contribution is 5.85. The molecule has 6 nitrogen and oxygen atoms in total. The topological polar surface area (TPSA) is 87.1 Å². The van der Waals surface area contributed by atoms with Crippen LogP contribution in [0.3, 0.4) is 0 Å². The molecular formula is C18H19F3N4O2. The Morgan fingerprint density at radius 1 is 1.26 bits per heavy atom. The first kappa shape index (κ1) is 20.4. The van der Waals surface area contributed by atoms with E-state index >= 15 is 0 Å². The summed E-state index contributed by atoms with van der Waals surface area (Å²) in [6.07, 6.45) is -0.930. The molecule has 0 spiro atoms. The van der Waals surface area contributed by atoms with Crippen molar-refractivity contribution in [3.05, 3.63) is 47.5 Å². The maximum Gasteiger partial charge on any atom is 0.293 e. The number of ether oxygens (including phenoxy) is 1. The van der Waals surface area contributed by atoms with Crippen LogP contribution in [0.1, 0.15) is 17.7 Å². The van der Waals surface area contributed by atoms with E-state index in [4.69, 9.17) is 10.1 Å². The molecule has 0 saturated heterocycles. The van der Waals surface area contributed by atoms with Gasteiger partial charge in [-0.2, -0.15) is 0 Å². The Kier molecular flexibility index (Phi) is 7.30. The molecule has 1 unspecified atom stereocenters. The summed E-state index contributed by atoms with van der Waals surface area (Å²) in [4.78, 5) is 14.7. The number of benzene rings is 1. The van der Waals surface area contributed by atoms with Crippen molar-refractivity contribution in [1.82, 2.24) is 10.3 Å². The maximum absolute atomic E-state index is 13.5. The zero-order chi connectivity index (χ0) is 19.8.